The van der Waals surface area contributed by atoms with Gasteiger partial charge in [0.2, 0.25) is 0 Å². The van der Waals surface area contributed by atoms with Crippen molar-refractivity contribution in [2.75, 3.05) is 0 Å². The van der Waals surface area contributed by atoms with Crippen molar-refractivity contribution in [2.45, 2.75) is 11.1 Å². The first-order valence-electron chi connectivity index (χ1n) is 7.87. The quantitative estimate of drug-likeness (QED) is 0.487. The van der Waals surface area contributed by atoms with Crippen molar-refractivity contribution in [1.82, 2.24) is 9.30 Å². The number of alkyl halides is 3. The standard InChI is InChI=1S/C14H7ClF3NO4S.C3H3NO2/c15-11-7-8(5-6-10(11)14(16,17)18)24(21,22)19-12-4-2-1-3-9(12)13(20)23-19;5-3-1-2-6-4-3/h1-7H;1-2H,(H,4,5). The second-order valence-electron chi connectivity index (χ2n) is 5.65. The molecule has 0 atom stereocenters. The Morgan fingerprint density at radius 1 is 1.03 bits per heavy atom. The highest BCUT2D eigenvalue weighted by atomic mass is 35.5. The molecule has 0 aliphatic rings. The number of hydrogen-bond acceptors (Lipinski definition) is 6. The molecule has 4 aromatic rings. The molecule has 4 rings (SSSR count). The van der Waals surface area contributed by atoms with E-state index in [9.17, 15) is 31.2 Å². The summed E-state index contributed by atoms with van der Waals surface area (Å²) in [5.74, 6) is 0. The van der Waals surface area contributed by atoms with E-state index in [1.54, 1.807) is 0 Å². The van der Waals surface area contributed by atoms with Crippen molar-refractivity contribution in [2.24, 2.45) is 0 Å². The number of nitrogens with zero attached hydrogens (tertiary/aromatic N) is 1. The molecule has 2 aromatic heterocycles. The van der Waals surface area contributed by atoms with E-state index in [2.05, 4.69) is 9.68 Å². The molecule has 0 amide bonds. The zero-order chi connectivity index (χ0) is 22.1. The van der Waals surface area contributed by atoms with Crippen molar-refractivity contribution in [3.63, 3.8) is 0 Å². The number of nitrogens with one attached hydrogen (secondary N) is 1. The molecule has 0 unspecified atom stereocenters. The molecule has 0 radical (unpaired) electrons. The van der Waals surface area contributed by atoms with E-state index < -0.39 is 37.3 Å². The molecule has 13 heteroatoms. The summed E-state index contributed by atoms with van der Waals surface area (Å²) >= 11 is 5.54. The molecule has 0 saturated carbocycles. The molecule has 8 nitrogen and oxygen atoms in total. The zero-order valence-corrected chi connectivity index (χ0v) is 16.1. The molecule has 0 saturated heterocycles. The second kappa shape index (κ2) is 7.88. The van der Waals surface area contributed by atoms with E-state index in [1.165, 1.54) is 36.6 Å². The maximum absolute atomic E-state index is 12.7. The van der Waals surface area contributed by atoms with Gasteiger partial charge in [0.1, 0.15) is 11.8 Å². The van der Waals surface area contributed by atoms with Crippen LogP contribution in [0.1, 0.15) is 5.56 Å². The average molecular weight is 463 g/mol. The van der Waals surface area contributed by atoms with Gasteiger partial charge in [0.25, 0.3) is 15.6 Å². The first kappa shape index (κ1) is 21.5. The third-order valence-corrected chi connectivity index (χ3v) is 5.57. The van der Waals surface area contributed by atoms with Gasteiger partial charge in [0.15, 0.2) is 0 Å². The molecule has 0 aliphatic carbocycles. The number of fused-ring (bicyclic) bond motifs is 1. The molecule has 0 aliphatic heterocycles. The summed E-state index contributed by atoms with van der Waals surface area (Å²) in [6.45, 7) is 0. The molecular formula is C17H10ClF3N2O6S. The predicted octanol–water partition coefficient (Wildman–Crippen LogP) is 3.47. The highest BCUT2D eigenvalue weighted by Crippen LogP contribution is 2.36. The Bertz CT molecular complexity index is 1400. The normalized spacial score (nSPS) is 11.9. The topological polar surface area (TPSA) is 115 Å². The number of aromatic amines is 1. The van der Waals surface area contributed by atoms with Gasteiger partial charge >= 0.3 is 11.8 Å². The smallest absolute Gasteiger partial charge is 0.387 e. The van der Waals surface area contributed by atoms with Crippen LogP contribution in [0.2, 0.25) is 5.02 Å². The van der Waals surface area contributed by atoms with E-state index in [-0.39, 0.29) is 16.5 Å². The third kappa shape index (κ3) is 4.19. The van der Waals surface area contributed by atoms with Gasteiger partial charge in [0.05, 0.1) is 20.9 Å². The number of hydrogen-bond donors (Lipinski definition) is 1. The highest BCUT2D eigenvalue weighted by Gasteiger charge is 2.34. The van der Waals surface area contributed by atoms with Gasteiger partial charge in [-0.3, -0.25) is 4.79 Å². The molecule has 2 heterocycles. The fraction of sp³-hybridized carbons (Fsp3) is 0.0588. The van der Waals surface area contributed by atoms with Crippen molar-refractivity contribution < 1.29 is 30.6 Å². The SMILES string of the molecule is O=c1cco[nH]1.O=c1on(S(=O)(=O)c2ccc(C(F)(F)F)c(Cl)c2)c2ccccc12. The Kier molecular flexibility index (Phi) is 5.63. The van der Waals surface area contributed by atoms with Crippen LogP contribution in [0.4, 0.5) is 13.2 Å². The summed E-state index contributed by atoms with van der Waals surface area (Å²) in [6.07, 6.45) is -3.42. The van der Waals surface area contributed by atoms with Gasteiger partial charge < -0.3 is 9.05 Å². The number of aromatic nitrogens is 2. The fourth-order valence-corrected chi connectivity index (χ4v) is 4.00. The van der Waals surface area contributed by atoms with Crippen LogP contribution >= 0.6 is 11.6 Å². The maximum Gasteiger partial charge on any atom is 0.417 e. The molecule has 158 valence electrons. The lowest BCUT2D eigenvalue weighted by Gasteiger charge is -2.10. The lowest BCUT2D eigenvalue weighted by atomic mass is 10.2. The second-order valence-corrected chi connectivity index (χ2v) is 7.81. The minimum absolute atomic E-state index is 0.0269. The van der Waals surface area contributed by atoms with E-state index in [1.807, 2.05) is 0 Å². The van der Waals surface area contributed by atoms with Gasteiger partial charge in [-0.15, -0.1) is 0 Å². The van der Waals surface area contributed by atoms with Crippen molar-refractivity contribution in [3.8, 4) is 0 Å². The Labute approximate surface area is 170 Å². The predicted molar refractivity (Wildman–Crippen MR) is 98.8 cm³/mol. The Hall–Kier alpha value is -3.25. The van der Waals surface area contributed by atoms with Gasteiger partial charge in [0, 0.05) is 6.07 Å². The Morgan fingerprint density at radius 2 is 1.73 bits per heavy atom. The Morgan fingerprint density at radius 3 is 2.27 bits per heavy atom. The first-order chi connectivity index (χ1) is 14.0. The van der Waals surface area contributed by atoms with Crippen LogP contribution in [-0.4, -0.2) is 17.7 Å². The van der Waals surface area contributed by atoms with Crippen LogP contribution in [-0.2, 0) is 16.2 Å². The van der Waals surface area contributed by atoms with Crippen molar-refractivity contribution >= 4 is 32.5 Å². The van der Waals surface area contributed by atoms with Crippen LogP contribution in [0.25, 0.3) is 10.9 Å². The summed E-state index contributed by atoms with van der Waals surface area (Å²) in [7, 11) is -4.43. The Balaban J connectivity index is 0.000000367. The number of H-pyrrole nitrogens is 1. The summed E-state index contributed by atoms with van der Waals surface area (Å²) in [5, 5.41) is 1.32. The minimum Gasteiger partial charge on any atom is -0.387 e. The molecule has 0 fully saturated rings. The number of rotatable bonds is 2. The summed E-state index contributed by atoms with van der Waals surface area (Å²) < 4.78 is 72.6. The third-order valence-electron chi connectivity index (χ3n) is 3.70. The maximum atomic E-state index is 12.7. The molecule has 1 N–H and O–H groups in total. The van der Waals surface area contributed by atoms with Gasteiger partial charge in [-0.1, -0.05) is 27.9 Å². The molecule has 0 spiro atoms. The van der Waals surface area contributed by atoms with E-state index >= 15 is 0 Å². The molecule has 2 aromatic carbocycles. The van der Waals surface area contributed by atoms with Gasteiger partial charge in [-0.05, 0) is 30.3 Å². The fourth-order valence-electron chi connectivity index (χ4n) is 2.36. The van der Waals surface area contributed by atoms with Crippen LogP contribution in [0.3, 0.4) is 0 Å². The first-order valence-corrected chi connectivity index (χ1v) is 9.69. The number of halogens is 4. The van der Waals surface area contributed by atoms with Crippen LogP contribution < -0.4 is 11.2 Å². The summed E-state index contributed by atoms with van der Waals surface area (Å²) in [6, 6.07) is 8.98. The summed E-state index contributed by atoms with van der Waals surface area (Å²) in [4.78, 5) is 21.1. The number of benzene rings is 2. The zero-order valence-electron chi connectivity index (χ0n) is 14.5. The van der Waals surface area contributed by atoms with Gasteiger partial charge in [-0.25, -0.2) is 4.79 Å². The van der Waals surface area contributed by atoms with Crippen LogP contribution in [0.15, 0.2) is 78.3 Å². The minimum atomic E-state index is -4.72. The lowest BCUT2D eigenvalue weighted by molar-refractivity contribution is -0.137. The lowest BCUT2D eigenvalue weighted by Crippen LogP contribution is -2.14. The van der Waals surface area contributed by atoms with Crippen LogP contribution in [0, 0.1) is 0 Å². The van der Waals surface area contributed by atoms with E-state index in [4.69, 9.17) is 16.1 Å². The molecule has 0 bridgehead atoms. The largest absolute Gasteiger partial charge is 0.417 e. The monoisotopic (exact) mass is 462 g/mol. The average Bonchev–Trinajstić information content (AvgIpc) is 3.28. The van der Waals surface area contributed by atoms with E-state index in [0.29, 0.717) is 16.3 Å². The molecule has 30 heavy (non-hydrogen) atoms. The van der Waals surface area contributed by atoms with E-state index in [0.717, 1.165) is 6.07 Å². The number of para-hydroxylation sites is 1. The van der Waals surface area contributed by atoms with Gasteiger partial charge in [-0.2, -0.15) is 26.7 Å². The van der Waals surface area contributed by atoms with Crippen molar-refractivity contribution in [1.29, 1.82) is 0 Å². The highest BCUT2D eigenvalue weighted by molar-refractivity contribution is 7.90. The van der Waals surface area contributed by atoms with Crippen molar-refractivity contribution in [3.05, 3.63) is 86.2 Å². The van der Waals surface area contributed by atoms with Crippen LogP contribution in [0.5, 0.6) is 0 Å². The summed E-state index contributed by atoms with van der Waals surface area (Å²) in [5.41, 5.74) is -2.28. The molecular weight excluding hydrogens is 453 g/mol.